The number of imidazole rings is 1. The number of nitrogens with zero attached hydrogens (tertiary/aromatic N) is 1. The van der Waals surface area contributed by atoms with E-state index in [0.717, 1.165) is 0 Å². The molecule has 0 saturated heterocycles. The quantitative estimate of drug-likeness (QED) is 0.0732. The monoisotopic (exact) mass is 546 g/mol. The average molecular weight is 546 g/mol. The zero-order chi connectivity index (χ0) is 28.2. The first kappa shape index (κ1) is 36.2. The summed E-state index contributed by atoms with van der Waals surface area (Å²) in [5, 5.41) is 0. The van der Waals surface area contributed by atoms with Crippen LogP contribution in [-0.2, 0) is 0 Å². The van der Waals surface area contributed by atoms with Gasteiger partial charge in [-0.15, -0.1) is 0 Å². The van der Waals surface area contributed by atoms with E-state index in [1.54, 1.807) is 0 Å². The largest absolute Gasteiger partial charge is 0.257 e. The van der Waals surface area contributed by atoms with Gasteiger partial charge in [0.25, 0.3) is 5.82 Å². The summed E-state index contributed by atoms with van der Waals surface area (Å²) in [4.78, 5) is 3.67. The van der Waals surface area contributed by atoms with Crippen molar-refractivity contribution in [3.05, 3.63) is 18.2 Å². The molecule has 0 aliphatic heterocycles. The maximum atomic E-state index is 3.67. The molecule has 2 nitrogen and oxygen atoms in total. The second kappa shape index (κ2) is 27.4. The molecule has 2 heteroatoms. The van der Waals surface area contributed by atoms with Gasteiger partial charge in [-0.25, -0.2) is 9.55 Å². The maximum absolute atomic E-state index is 3.67. The Kier molecular flexibility index (Phi) is 25.4. The van der Waals surface area contributed by atoms with E-state index in [-0.39, 0.29) is 0 Å². The lowest BCUT2D eigenvalue weighted by atomic mass is 9.94. The van der Waals surface area contributed by atoms with E-state index in [4.69, 9.17) is 0 Å². The molecule has 0 radical (unpaired) electrons. The molecule has 2 unspecified atom stereocenters. The molecule has 1 aromatic heterocycles. The standard InChI is InChI=1S/C37H72N2/c1-5-8-10-12-14-16-17-18-19-20-21-23-24-26-28-31-35(4)39-34-33-38-37(39)36(30-7-3)32-29-27-25-22-15-13-11-9-6-2/h33-36H,5-32H2,1-4H3/p+1. The van der Waals surface area contributed by atoms with Crippen LogP contribution in [-0.4, -0.2) is 4.98 Å². The van der Waals surface area contributed by atoms with Gasteiger partial charge in [-0.2, -0.15) is 0 Å². The van der Waals surface area contributed by atoms with Gasteiger partial charge in [0.15, 0.2) is 0 Å². The summed E-state index contributed by atoms with van der Waals surface area (Å²) in [5.41, 5.74) is 0. The van der Waals surface area contributed by atoms with Gasteiger partial charge in [-0.3, -0.25) is 0 Å². The van der Waals surface area contributed by atoms with E-state index in [0.29, 0.717) is 12.0 Å². The average Bonchev–Trinajstić information content (AvgIpc) is 3.43. The summed E-state index contributed by atoms with van der Waals surface area (Å²) >= 11 is 0. The number of aromatic amines is 1. The Hall–Kier alpha value is -0.790. The number of rotatable bonds is 30. The van der Waals surface area contributed by atoms with Crippen molar-refractivity contribution in [1.29, 1.82) is 0 Å². The predicted octanol–water partition coefficient (Wildman–Crippen LogP) is 12.9. The van der Waals surface area contributed by atoms with E-state index in [1.807, 2.05) is 0 Å². The third kappa shape index (κ3) is 19.8. The first-order valence-corrected chi connectivity index (χ1v) is 18.3. The first-order valence-electron chi connectivity index (χ1n) is 18.3. The van der Waals surface area contributed by atoms with E-state index < -0.39 is 0 Å². The molecule has 0 bridgehead atoms. The Labute approximate surface area is 246 Å². The van der Waals surface area contributed by atoms with Crippen LogP contribution in [0.3, 0.4) is 0 Å². The molecule has 0 saturated carbocycles. The molecule has 0 amide bonds. The number of unbranched alkanes of at least 4 members (excludes halogenated alkanes) is 22. The van der Waals surface area contributed by atoms with Gasteiger partial charge in [-0.05, 0) is 32.6 Å². The maximum Gasteiger partial charge on any atom is 0.257 e. The fourth-order valence-corrected chi connectivity index (χ4v) is 6.49. The number of aromatic nitrogens is 2. The van der Waals surface area contributed by atoms with Gasteiger partial charge < -0.3 is 0 Å². The van der Waals surface area contributed by atoms with Crippen LogP contribution in [0.4, 0.5) is 0 Å². The molecule has 1 rings (SSSR count). The molecule has 0 spiro atoms. The number of hydrogen-bond donors (Lipinski definition) is 1. The van der Waals surface area contributed by atoms with Crippen LogP contribution < -0.4 is 4.57 Å². The van der Waals surface area contributed by atoms with Crippen molar-refractivity contribution in [2.45, 2.75) is 219 Å². The van der Waals surface area contributed by atoms with Crippen molar-refractivity contribution in [1.82, 2.24) is 4.98 Å². The highest BCUT2D eigenvalue weighted by Gasteiger charge is 2.24. The van der Waals surface area contributed by atoms with Crippen LogP contribution in [0, 0.1) is 0 Å². The minimum Gasteiger partial charge on any atom is -0.247 e. The molecule has 0 aliphatic carbocycles. The Bertz CT molecular complexity index is 606. The molecule has 39 heavy (non-hydrogen) atoms. The van der Waals surface area contributed by atoms with Crippen LogP contribution in [0.15, 0.2) is 12.4 Å². The molecule has 1 aromatic rings. The molecular weight excluding hydrogens is 472 g/mol. The number of hydrogen-bond acceptors (Lipinski definition) is 0. The lowest BCUT2D eigenvalue weighted by molar-refractivity contribution is -0.727. The highest BCUT2D eigenvalue weighted by molar-refractivity contribution is 4.90. The summed E-state index contributed by atoms with van der Waals surface area (Å²) in [6, 6.07) is 0.621. The van der Waals surface area contributed by atoms with Crippen LogP contribution in [0.25, 0.3) is 0 Å². The number of H-pyrrole nitrogens is 1. The van der Waals surface area contributed by atoms with Crippen LogP contribution >= 0.6 is 0 Å². The normalized spacial score (nSPS) is 13.2. The van der Waals surface area contributed by atoms with Crippen molar-refractivity contribution in [2.75, 3.05) is 0 Å². The minimum atomic E-state index is 0.621. The summed E-state index contributed by atoms with van der Waals surface area (Å²) in [7, 11) is 0. The molecule has 1 N–H and O–H groups in total. The predicted molar refractivity (Wildman–Crippen MR) is 175 cm³/mol. The van der Waals surface area contributed by atoms with E-state index in [1.165, 1.54) is 186 Å². The summed E-state index contributed by atoms with van der Waals surface area (Å²) in [6.45, 7) is 9.42. The molecule has 2 atom stereocenters. The van der Waals surface area contributed by atoms with Crippen LogP contribution in [0.1, 0.15) is 225 Å². The molecule has 0 fully saturated rings. The molecular formula is C37H73N2+. The highest BCUT2D eigenvalue weighted by Crippen LogP contribution is 2.26. The zero-order valence-corrected chi connectivity index (χ0v) is 27.6. The van der Waals surface area contributed by atoms with Gasteiger partial charge in [0.05, 0.1) is 12.0 Å². The van der Waals surface area contributed by atoms with Gasteiger partial charge in [-0.1, -0.05) is 175 Å². The number of nitrogens with one attached hydrogen (secondary N) is 1. The van der Waals surface area contributed by atoms with Crippen LogP contribution in [0.5, 0.6) is 0 Å². The fourth-order valence-electron chi connectivity index (χ4n) is 6.49. The van der Waals surface area contributed by atoms with Gasteiger partial charge in [0, 0.05) is 0 Å². The second-order valence-electron chi connectivity index (χ2n) is 12.9. The minimum absolute atomic E-state index is 0.621. The van der Waals surface area contributed by atoms with Crippen molar-refractivity contribution in [3.8, 4) is 0 Å². The van der Waals surface area contributed by atoms with Gasteiger partial charge in [0.2, 0.25) is 0 Å². The van der Waals surface area contributed by atoms with Crippen LogP contribution in [0.2, 0.25) is 0 Å². The summed E-state index contributed by atoms with van der Waals surface area (Å²) < 4.78 is 2.60. The molecule has 0 aliphatic rings. The highest BCUT2D eigenvalue weighted by atomic mass is 15.1. The smallest absolute Gasteiger partial charge is 0.247 e. The van der Waals surface area contributed by atoms with Gasteiger partial charge >= 0.3 is 0 Å². The third-order valence-electron chi connectivity index (χ3n) is 9.12. The zero-order valence-electron chi connectivity index (χ0n) is 27.6. The summed E-state index contributed by atoms with van der Waals surface area (Å²) in [6.07, 6.45) is 44.3. The Balaban J connectivity index is 2.13. The van der Waals surface area contributed by atoms with Crippen molar-refractivity contribution in [2.24, 2.45) is 0 Å². The summed E-state index contributed by atoms with van der Waals surface area (Å²) in [5.74, 6) is 2.21. The molecule has 230 valence electrons. The fraction of sp³-hybridized carbons (Fsp3) is 0.919. The lowest BCUT2D eigenvalue weighted by Gasteiger charge is -2.16. The van der Waals surface area contributed by atoms with E-state index >= 15 is 0 Å². The Morgan fingerprint density at radius 3 is 1.28 bits per heavy atom. The van der Waals surface area contributed by atoms with Crippen molar-refractivity contribution < 1.29 is 4.57 Å². The molecule has 0 aromatic carbocycles. The topological polar surface area (TPSA) is 19.7 Å². The van der Waals surface area contributed by atoms with E-state index in [2.05, 4.69) is 49.6 Å². The SMILES string of the molecule is CCCCCCCCCCCCCCCCCC(C)[n+]1cc[nH]c1C(CCC)CCCCCCCCCCC. The Morgan fingerprint density at radius 2 is 0.872 bits per heavy atom. The van der Waals surface area contributed by atoms with E-state index in [9.17, 15) is 0 Å². The third-order valence-corrected chi connectivity index (χ3v) is 9.12. The second-order valence-corrected chi connectivity index (χ2v) is 12.9. The van der Waals surface area contributed by atoms with Crippen molar-refractivity contribution in [3.63, 3.8) is 0 Å². The lowest BCUT2D eigenvalue weighted by Crippen LogP contribution is -2.41. The Morgan fingerprint density at radius 1 is 0.487 bits per heavy atom. The molecule has 1 heterocycles. The van der Waals surface area contributed by atoms with Crippen molar-refractivity contribution >= 4 is 0 Å². The first-order chi connectivity index (χ1) is 19.2. The van der Waals surface area contributed by atoms with Gasteiger partial charge in [0.1, 0.15) is 12.4 Å².